The summed E-state index contributed by atoms with van der Waals surface area (Å²) in [6.45, 7) is 5.00. The van der Waals surface area contributed by atoms with Crippen molar-refractivity contribution < 1.29 is 9.84 Å². The first-order chi connectivity index (χ1) is 6.14. The molecule has 0 amide bonds. The van der Waals surface area contributed by atoms with Crippen molar-refractivity contribution in [3.63, 3.8) is 0 Å². The molecule has 2 aliphatic rings. The van der Waals surface area contributed by atoms with Crippen LogP contribution in [0.4, 0.5) is 0 Å². The summed E-state index contributed by atoms with van der Waals surface area (Å²) in [7, 11) is 1.74. The zero-order chi connectivity index (χ0) is 9.47. The van der Waals surface area contributed by atoms with E-state index < -0.39 is 0 Å². The Morgan fingerprint density at radius 3 is 3.08 bits per heavy atom. The summed E-state index contributed by atoms with van der Waals surface area (Å²) in [6.07, 6.45) is 2.46. The number of methoxy groups -OCH3 is 1. The quantitative estimate of drug-likeness (QED) is 0.694. The highest BCUT2D eigenvalue weighted by Crippen LogP contribution is 2.48. The van der Waals surface area contributed by atoms with E-state index in [9.17, 15) is 5.11 Å². The van der Waals surface area contributed by atoms with Gasteiger partial charge in [0.05, 0.1) is 11.7 Å². The first kappa shape index (κ1) is 9.44. The van der Waals surface area contributed by atoms with Gasteiger partial charge in [-0.1, -0.05) is 0 Å². The molecule has 1 saturated carbocycles. The van der Waals surface area contributed by atoms with Crippen molar-refractivity contribution in [2.75, 3.05) is 26.7 Å². The van der Waals surface area contributed by atoms with Crippen molar-refractivity contribution in [2.24, 2.45) is 5.92 Å². The minimum absolute atomic E-state index is 0.277. The number of likely N-dealkylation sites (tertiary alicyclic amines) is 1. The minimum atomic E-state index is -0.328. The van der Waals surface area contributed by atoms with E-state index >= 15 is 0 Å². The molecule has 2 fully saturated rings. The van der Waals surface area contributed by atoms with Crippen LogP contribution >= 0.6 is 0 Å². The Morgan fingerprint density at radius 1 is 1.69 bits per heavy atom. The second-order valence-corrected chi connectivity index (χ2v) is 4.57. The zero-order valence-corrected chi connectivity index (χ0v) is 8.49. The van der Waals surface area contributed by atoms with E-state index in [1.54, 1.807) is 7.11 Å². The Bertz CT molecular complexity index is 197. The molecule has 1 heterocycles. The molecule has 0 aromatic rings. The van der Waals surface area contributed by atoms with Gasteiger partial charge in [-0.2, -0.15) is 0 Å². The van der Waals surface area contributed by atoms with Gasteiger partial charge in [0.25, 0.3) is 0 Å². The highest BCUT2D eigenvalue weighted by atomic mass is 16.5. The van der Waals surface area contributed by atoms with Gasteiger partial charge < -0.3 is 9.84 Å². The molecule has 3 heteroatoms. The third kappa shape index (κ3) is 1.87. The maximum Gasteiger partial charge on any atom is 0.0807 e. The molecule has 0 aromatic carbocycles. The zero-order valence-electron chi connectivity index (χ0n) is 8.49. The number of nitrogens with zero attached hydrogens (tertiary/aromatic N) is 1. The van der Waals surface area contributed by atoms with Crippen LogP contribution in [0.2, 0.25) is 0 Å². The van der Waals surface area contributed by atoms with E-state index in [0.29, 0.717) is 5.92 Å². The van der Waals surface area contributed by atoms with E-state index in [1.165, 1.54) is 0 Å². The van der Waals surface area contributed by atoms with Crippen LogP contribution in [0.1, 0.15) is 19.8 Å². The van der Waals surface area contributed by atoms with Gasteiger partial charge in [-0.25, -0.2) is 0 Å². The summed E-state index contributed by atoms with van der Waals surface area (Å²) >= 11 is 0. The molecular weight excluding hydrogens is 166 g/mol. The van der Waals surface area contributed by atoms with Gasteiger partial charge >= 0.3 is 0 Å². The lowest BCUT2D eigenvalue weighted by Gasteiger charge is -2.31. The van der Waals surface area contributed by atoms with Crippen LogP contribution in [0.25, 0.3) is 0 Å². The van der Waals surface area contributed by atoms with E-state index in [4.69, 9.17) is 4.74 Å². The molecule has 2 rings (SSSR count). The second-order valence-electron chi connectivity index (χ2n) is 4.57. The minimum Gasteiger partial charge on any atom is -0.388 e. The SMILES string of the molecule is COC(C)CN1CC[C@@H]2C[C@]2(O)C1. The second kappa shape index (κ2) is 3.23. The number of piperidine rings is 1. The molecule has 0 bridgehead atoms. The molecule has 13 heavy (non-hydrogen) atoms. The van der Waals surface area contributed by atoms with Crippen molar-refractivity contribution in [3.05, 3.63) is 0 Å². The molecule has 1 N–H and O–H groups in total. The number of hydrogen-bond donors (Lipinski definition) is 1. The lowest BCUT2D eigenvalue weighted by atomic mass is 10.1. The van der Waals surface area contributed by atoms with Gasteiger partial charge in [0.15, 0.2) is 0 Å². The van der Waals surface area contributed by atoms with Gasteiger partial charge in [-0.05, 0) is 32.2 Å². The van der Waals surface area contributed by atoms with Crippen molar-refractivity contribution in [1.82, 2.24) is 4.90 Å². The Morgan fingerprint density at radius 2 is 2.46 bits per heavy atom. The number of fused-ring (bicyclic) bond motifs is 1. The Labute approximate surface area is 79.7 Å². The molecular formula is C10H19NO2. The summed E-state index contributed by atoms with van der Waals surface area (Å²) in [5, 5.41) is 9.92. The smallest absolute Gasteiger partial charge is 0.0807 e. The topological polar surface area (TPSA) is 32.7 Å². The third-order valence-electron chi connectivity index (χ3n) is 3.41. The average Bonchev–Trinajstić information content (AvgIpc) is 2.75. The van der Waals surface area contributed by atoms with Crippen LogP contribution in [0.15, 0.2) is 0 Å². The largest absolute Gasteiger partial charge is 0.388 e. The van der Waals surface area contributed by atoms with E-state index in [-0.39, 0.29) is 11.7 Å². The Kier molecular flexibility index (Phi) is 2.34. The van der Waals surface area contributed by atoms with Gasteiger partial charge in [-0.15, -0.1) is 0 Å². The highest BCUT2D eigenvalue weighted by molar-refractivity contribution is 5.08. The van der Waals surface area contributed by atoms with Crippen LogP contribution in [-0.2, 0) is 4.74 Å². The Hall–Kier alpha value is -0.120. The first-order valence-electron chi connectivity index (χ1n) is 5.11. The van der Waals surface area contributed by atoms with Gasteiger partial charge in [-0.3, -0.25) is 4.90 Å². The van der Waals surface area contributed by atoms with Crippen LogP contribution in [0.5, 0.6) is 0 Å². The van der Waals surface area contributed by atoms with Crippen molar-refractivity contribution in [3.8, 4) is 0 Å². The van der Waals surface area contributed by atoms with Gasteiger partial charge in [0.1, 0.15) is 0 Å². The fourth-order valence-corrected chi connectivity index (χ4v) is 2.33. The molecule has 76 valence electrons. The Balaban J connectivity index is 1.81. The number of rotatable bonds is 3. The van der Waals surface area contributed by atoms with Crippen LogP contribution < -0.4 is 0 Å². The van der Waals surface area contributed by atoms with Crippen molar-refractivity contribution >= 4 is 0 Å². The molecule has 1 saturated heterocycles. The first-order valence-corrected chi connectivity index (χ1v) is 5.11. The molecule has 3 atom stereocenters. The van der Waals surface area contributed by atoms with Crippen LogP contribution in [0.3, 0.4) is 0 Å². The van der Waals surface area contributed by atoms with Crippen molar-refractivity contribution in [1.29, 1.82) is 0 Å². The standard InChI is InChI=1S/C10H19NO2/c1-8(13-2)6-11-4-3-9-5-10(9,12)7-11/h8-9,12H,3-7H2,1-2H3/t8?,9-,10+/m1/s1. The molecule has 0 aromatic heterocycles. The average molecular weight is 185 g/mol. The predicted molar refractivity (Wildman–Crippen MR) is 50.6 cm³/mol. The molecule has 0 radical (unpaired) electrons. The van der Waals surface area contributed by atoms with Gasteiger partial charge in [0.2, 0.25) is 0 Å². The monoisotopic (exact) mass is 185 g/mol. The fourth-order valence-electron chi connectivity index (χ4n) is 2.33. The molecule has 1 aliphatic heterocycles. The predicted octanol–water partition coefficient (Wildman–Crippen LogP) is 0.478. The van der Waals surface area contributed by atoms with Crippen molar-refractivity contribution in [2.45, 2.75) is 31.5 Å². The lowest BCUT2D eigenvalue weighted by Crippen LogP contribution is -2.43. The van der Waals surface area contributed by atoms with E-state index in [2.05, 4.69) is 11.8 Å². The summed E-state index contributed by atoms with van der Waals surface area (Å²) in [5.74, 6) is 0.599. The molecule has 1 aliphatic carbocycles. The number of aliphatic hydroxyl groups is 1. The maximum absolute atomic E-state index is 9.92. The maximum atomic E-state index is 9.92. The van der Waals surface area contributed by atoms with E-state index in [0.717, 1.165) is 32.5 Å². The summed E-state index contributed by atoms with van der Waals surface area (Å²) in [4.78, 5) is 2.32. The lowest BCUT2D eigenvalue weighted by molar-refractivity contribution is 0.0174. The van der Waals surface area contributed by atoms with E-state index in [1.807, 2.05) is 0 Å². The number of β-amino-alcohol motifs (C(OH)–C–C–N with tert-alkyl or cyclic N) is 1. The molecule has 3 nitrogen and oxygen atoms in total. The third-order valence-corrected chi connectivity index (χ3v) is 3.41. The number of ether oxygens (including phenoxy) is 1. The van der Waals surface area contributed by atoms with Gasteiger partial charge in [0, 0.05) is 20.2 Å². The molecule has 0 spiro atoms. The molecule has 1 unspecified atom stereocenters. The normalized spacial score (nSPS) is 41.3. The summed E-state index contributed by atoms with van der Waals surface area (Å²) in [5.41, 5.74) is -0.328. The fraction of sp³-hybridized carbons (Fsp3) is 1.00. The summed E-state index contributed by atoms with van der Waals surface area (Å²) < 4.78 is 5.21. The van der Waals surface area contributed by atoms with Crippen LogP contribution in [0, 0.1) is 5.92 Å². The van der Waals surface area contributed by atoms with Crippen LogP contribution in [-0.4, -0.2) is 48.5 Å². The summed E-state index contributed by atoms with van der Waals surface area (Å²) in [6, 6.07) is 0. The number of hydrogen-bond acceptors (Lipinski definition) is 3. The highest BCUT2D eigenvalue weighted by Gasteiger charge is 2.55.